The third-order valence-electron chi connectivity index (χ3n) is 4.35. The third-order valence-corrected chi connectivity index (χ3v) is 4.35. The fourth-order valence-electron chi connectivity index (χ4n) is 2.98. The molecule has 3 nitrogen and oxygen atoms in total. The topological polar surface area (TPSA) is 29.5 Å². The average Bonchev–Trinajstić information content (AvgIpc) is 2.72. The van der Waals surface area contributed by atoms with Crippen LogP contribution in [0, 0.1) is 0 Å². The summed E-state index contributed by atoms with van der Waals surface area (Å²) in [5, 5.41) is 0. The molecular weight excluding hydrogens is 322 g/mol. The van der Waals surface area contributed by atoms with E-state index in [0.29, 0.717) is 19.4 Å². The van der Waals surface area contributed by atoms with Gasteiger partial charge in [0, 0.05) is 12.1 Å². The molecule has 0 bridgehead atoms. The van der Waals surface area contributed by atoms with Gasteiger partial charge in [0.1, 0.15) is 5.75 Å². The van der Waals surface area contributed by atoms with Crippen molar-refractivity contribution in [2.24, 2.45) is 0 Å². The summed E-state index contributed by atoms with van der Waals surface area (Å²) in [6, 6.07) is 27.8. The number of carbonyl (C=O) groups excluding carboxylic acids is 1. The van der Waals surface area contributed by atoms with E-state index in [1.165, 1.54) is 0 Å². The number of carbonyl (C=O) groups is 1. The first-order chi connectivity index (χ1) is 12.8. The van der Waals surface area contributed by atoms with E-state index in [1.54, 1.807) is 7.11 Å². The van der Waals surface area contributed by atoms with Gasteiger partial charge in [0.05, 0.1) is 13.7 Å². The summed E-state index contributed by atoms with van der Waals surface area (Å²) >= 11 is 0. The van der Waals surface area contributed by atoms with Gasteiger partial charge in [0.25, 0.3) is 0 Å². The van der Waals surface area contributed by atoms with E-state index in [2.05, 4.69) is 0 Å². The SMILES string of the molecule is COc1ccccc1CCC(=O)N(Cc1ccccc1)c1ccccc1. The molecule has 0 spiro atoms. The number of ether oxygens (including phenoxy) is 1. The van der Waals surface area contributed by atoms with Gasteiger partial charge < -0.3 is 9.64 Å². The largest absolute Gasteiger partial charge is 0.496 e. The fourth-order valence-corrected chi connectivity index (χ4v) is 2.98. The lowest BCUT2D eigenvalue weighted by molar-refractivity contribution is -0.118. The summed E-state index contributed by atoms with van der Waals surface area (Å²) in [7, 11) is 1.66. The Hall–Kier alpha value is -3.07. The number of anilines is 1. The summed E-state index contributed by atoms with van der Waals surface area (Å²) < 4.78 is 5.39. The number of aryl methyl sites for hydroxylation is 1. The molecule has 0 aromatic heterocycles. The molecule has 0 N–H and O–H groups in total. The molecule has 0 atom stereocenters. The zero-order valence-corrected chi connectivity index (χ0v) is 15.0. The summed E-state index contributed by atoms with van der Waals surface area (Å²) in [5.41, 5.74) is 3.08. The highest BCUT2D eigenvalue weighted by Crippen LogP contribution is 2.22. The lowest BCUT2D eigenvalue weighted by Crippen LogP contribution is -2.30. The van der Waals surface area contributed by atoms with E-state index < -0.39 is 0 Å². The minimum absolute atomic E-state index is 0.103. The molecule has 3 aromatic carbocycles. The molecular formula is C23H23NO2. The van der Waals surface area contributed by atoms with Gasteiger partial charge in [0.15, 0.2) is 0 Å². The molecule has 0 aliphatic carbocycles. The number of para-hydroxylation sites is 2. The number of methoxy groups -OCH3 is 1. The van der Waals surface area contributed by atoms with Crippen molar-refractivity contribution in [1.82, 2.24) is 0 Å². The van der Waals surface area contributed by atoms with E-state index in [0.717, 1.165) is 22.6 Å². The predicted molar refractivity (Wildman–Crippen MR) is 105 cm³/mol. The minimum atomic E-state index is 0.103. The molecule has 0 unspecified atom stereocenters. The highest BCUT2D eigenvalue weighted by molar-refractivity contribution is 5.93. The van der Waals surface area contributed by atoms with Crippen LogP contribution in [0.5, 0.6) is 5.75 Å². The summed E-state index contributed by atoms with van der Waals surface area (Å²) in [5.74, 6) is 0.931. The van der Waals surface area contributed by atoms with Crippen molar-refractivity contribution >= 4 is 11.6 Å². The van der Waals surface area contributed by atoms with Crippen LogP contribution < -0.4 is 9.64 Å². The Balaban J connectivity index is 1.76. The molecule has 0 saturated carbocycles. The molecule has 26 heavy (non-hydrogen) atoms. The van der Waals surface area contributed by atoms with Crippen molar-refractivity contribution in [3.63, 3.8) is 0 Å². The minimum Gasteiger partial charge on any atom is -0.496 e. The second-order valence-electron chi connectivity index (χ2n) is 6.11. The van der Waals surface area contributed by atoms with E-state index in [1.807, 2.05) is 89.8 Å². The molecule has 0 fully saturated rings. The van der Waals surface area contributed by atoms with Gasteiger partial charge in [-0.3, -0.25) is 4.79 Å². The molecule has 3 heteroatoms. The lowest BCUT2D eigenvalue weighted by atomic mass is 10.1. The van der Waals surface area contributed by atoms with Crippen molar-refractivity contribution in [2.45, 2.75) is 19.4 Å². The van der Waals surface area contributed by atoms with Gasteiger partial charge >= 0.3 is 0 Å². The summed E-state index contributed by atoms with van der Waals surface area (Å²) in [6.07, 6.45) is 1.09. The summed E-state index contributed by atoms with van der Waals surface area (Å²) in [6.45, 7) is 0.565. The van der Waals surface area contributed by atoms with Crippen molar-refractivity contribution in [2.75, 3.05) is 12.0 Å². The zero-order chi connectivity index (χ0) is 18.2. The number of hydrogen-bond acceptors (Lipinski definition) is 2. The Morgan fingerprint density at radius 3 is 2.15 bits per heavy atom. The lowest BCUT2D eigenvalue weighted by Gasteiger charge is -2.23. The van der Waals surface area contributed by atoms with Crippen LogP contribution in [-0.4, -0.2) is 13.0 Å². The van der Waals surface area contributed by atoms with E-state index in [4.69, 9.17) is 4.74 Å². The maximum Gasteiger partial charge on any atom is 0.227 e. The van der Waals surface area contributed by atoms with Crippen LogP contribution >= 0.6 is 0 Å². The maximum absolute atomic E-state index is 13.0. The first-order valence-electron chi connectivity index (χ1n) is 8.79. The van der Waals surface area contributed by atoms with Gasteiger partial charge in [0.2, 0.25) is 5.91 Å². The molecule has 0 aliphatic heterocycles. The molecule has 3 aromatic rings. The fraction of sp³-hybridized carbons (Fsp3) is 0.174. The standard InChI is InChI=1S/C23H23NO2/c1-26-22-15-9-8-12-20(22)16-17-23(25)24(21-13-6-3-7-14-21)18-19-10-4-2-5-11-19/h2-15H,16-18H2,1H3. The highest BCUT2D eigenvalue weighted by atomic mass is 16.5. The Bertz CT molecular complexity index is 831. The van der Waals surface area contributed by atoms with E-state index in [-0.39, 0.29) is 5.91 Å². The number of rotatable bonds is 7. The smallest absolute Gasteiger partial charge is 0.227 e. The quantitative estimate of drug-likeness (QED) is 0.612. The molecule has 0 heterocycles. The molecule has 1 amide bonds. The molecule has 0 saturated heterocycles. The maximum atomic E-state index is 13.0. The van der Waals surface area contributed by atoms with Gasteiger partial charge in [-0.25, -0.2) is 0 Å². The van der Waals surface area contributed by atoms with Crippen LogP contribution in [0.3, 0.4) is 0 Å². The normalized spacial score (nSPS) is 10.3. The first-order valence-corrected chi connectivity index (χ1v) is 8.79. The Morgan fingerprint density at radius 2 is 1.46 bits per heavy atom. The average molecular weight is 345 g/mol. The van der Waals surface area contributed by atoms with E-state index in [9.17, 15) is 4.79 Å². The van der Waals surface area contributed by atoms with Gasteiger partial charge in [-0.2, -0.15) is 0 Å². The molecule has 0 radical (unpaired) electrons. The number of benzene rings is 3. The van der Waals surface area contributed by atoms with Gasteiger partial charge in [-0.1, -0.05) is 66.7 Å². The number of amides is 1. The van der Waals surface area contributed by atoms with Crippen molar-refractivity contribution < 1.29 is 9.53 Å². The second-order valence-corrected chi connectivity index (χ2v) is 6.11. The van der Waals surface area contributed by atoms with Gasteiger partial charge in [-0.15, -0.1) is 0 Å². The summed E-state index contributed by atoms with van der Waals surface area (Å²) in [4.78, 5) is 14.9. The highest BCUT2D eigenvalue weighted by Gasteiger charge is 2.16. The van der Waals surface area contributed by atoms with Crippen LogP contribution in [0.25, 0.3) is 0 Å². The molecule has 0 aliphatic rings. The molecule has 132 valence electrons. The third kappa shape index (κ3) is 4.51. The van der Waals surface area contributed by atoms with Crippen LogP contribution in [0.15, 0.2) is 84.9 Å². The van der Waals surface area contributed by atoms with Gasteiger partial charge in [-0.05, 0) is 35.7 Å². The second kappa shape index (κ2) is 8.86. The van der Waals surface area contributed by atoms with Crippen molar-refractivity contribution in [3.05, 3.63) is 96.1 Å². The van der Waals surface area contributed by atoms with Crippen molar-refractivity contribution in [3.8, 4) is 5.75 Å². The Kier molecular flexibility index (Phi) is 6.05. The number of hydrogen-bond donors (Lipinski definition) is 0. The monoisotopic (exact) mass is 345 g/mol. The Morgan fingerprint density at radius 1 is 0.846 bits per heavy atom. The number of nitrogens with zero attached hydrogens (tertiary/aromatic N) is 1. The van der Waals surface area contributed by atoms with Crippen LogP contribution in [-0.2, 0) is 17.8 Å². The van der Waals surface area contributed by atoms with E-state index >= 15 is 0 Å². The first kappa shape index (κ1) is 17.7. The zero-order valence-electron chi connectivity index (χ0n) is 15.0. The Labute approximate surface area is 154 Å². The predicted octanol–water partition coefficient (Wildman–Crippen LogP) is 4.86. The van der Waals surface area contributed by atoms with Crippen LogP contribution in [0.2, 0.25) is 0 Å². The molecule has 3 rings (SSSR count). The van der Waals surface area contributed by atoms with Crippen LogP contribution in [0.1, 0.15) is 17.5 Å². The van der Waals surface area contributed by atoms with Crippen LogP contribution in [0.4, 0.5) is 5.69 Å². The van der Waals surface area contributed by atoms with Crippen molar-refractivity contribution in [1.29, 1.82) is 0 Å².